The van der Waals surface area contributed by atoms with Crippen molar-refractivity contribution in [2.24, 2.45) is 7.05 Å². The number of methoxy groups -OCH3 is 2. The number of aryl methyl sites for hydroxylation is 2. The van der Waals surface area contributed by atoms with Crippen LogP contribution in [-0.2, 0) is 13.6 Å². The molecular weight excluding hydrogens is 306 g/mol. The minimum absolute atomic E-state index is 0.627. The van der Waals surface area contributed by atoms with E-state index in [0.717, 1.165) is 28.1 Å². The van der Waals surface area contributed by atoms with E-state index in [2.05, 4.69) is 23.2 Å². The molecule has 0 saturated carbocycles. The number of hydrogen-bond acceptors (Lipinski definition) is 6. The Morgan fingerprint density at radius 2 is 1.83 bits per heavy atom. The Hall–Kier alpha value is -2.83. The molecule has 0 aliphatic heterocycles. The van der Waals surface area contributed by atoms with Crippen LogP contribution in [0.3, 0.4) is 0 Å². The molecular formula is C17H21N5O2. The molecule has 0 N–H and O–H groups in total. The van der Waals surface area contributed by atoms with Gasteiger partial charge in [0.2, 0.25) is 0 Å². The van der Waals surface area contributed by atoms with Crippen molar-refractivity contribution >= 4 is 16.7 Å². The third-order valence-corrected chi connectivity index (χ3v) is 4.08. The zero-order valence-corrected chi connectivity index (χ0v) is 14.6. The van der Waals surface area contributed by atoms with Crippen LogP contribution in [0.15, 0.2) is 24.5 Å². The summed E-state index contributed by atoms with van der Waals surface area (Å²) in [7, 11) is 7.18. The highest BCUT2D eigenvalue weighted by Crippen LogP contribution is 2.34. The quantitative estimate of drug-likeness (QED) is 0.716. The van der Waals surface area contributed by atoms with E-state index >= 15 is 0 Å². The molecule has 0 bridgehead atoms. The Bertz CT molecular complexity index is 875. The first-order valence-electron chi connectivity index (χ1n) is 7.61. The second-order valence-corrected chi connectivity index (χ2v) is 5.74. The highest BCUT2D eigenvalue weighted by atomic mass is 16.5. The summed E-state index contributed by atoms with van der Waals surface area (Å²) in [6.45, 7) is 2.69. The lowest BCUT2D eigenvalue weighted by Crippen LogP contribution is -2.20. The van der Waals surface area contributed by atoms with Gasteiger partial charge in [0, 0.05) is 25.5 Å². The predicted octanol–water partition coefficient (Wildman–Crippen LogP) is 2.33. The average Bonchev–Trinajstić information content (AvgIpc) is 2.98. The second kappa shape index (κ2) is 6.35. The summed E-state index contributed by atoms with van der Waals surface area (Å²) in [6.07, 6.45) is 1.69. The van der Waals surface area contributed by atoms with Gasteiger partial charge in [-0.2, -0.15) is 0 Å². The molecule has 1 aromatic carbocycles. The molecule has 3 rings (SSSR count). The van der Waals surface area contributed by atoms with Gasteiger partial charge in [-0.15, -0.1) is 10.2 Å². The maximum absolute atomic E-state index is 5.39. The van der Waals surface area contributed by atoms with Gasteiger partial charge in [-0.1, -0.05) is 0 Å². The van der Waals surface area contributed by atoms with Crippen LogP contribution in [0.5, 0.6) is 11.5 Å². The fourth-order valence-electron chi connectivity index (χ4n) is 2.64. The molecule has 0 atom stereocenters. The van der Waals surface area contributed by atoms with Gasteiger partial charge in [0.25, 0.3) is 0 Å². The largest absolute Gasteiger partial charge is 0.493 e. The van der Waals surface area contributed by atoms with Crippen LogP contribution < -0.4 is 14.4 Å². The molecule has 7 nitrogen and oxygen atoms in total. The lowest BCUT2D eigenvalue weighted by Gasteiger charge is -2.19. The maximum atomic E-state index is 5.39. The molecule has 0 fully saturated rings. The molecule has 3 aromatic rings. The van der Waals surface area contributed by atoms with Crippen molar-refractivity contribution in [3.05, 3.63) is 35.9 Å². The topological polar surface area (TPSA) is 65.3 Å². The molecule has 0 radical (unpaired) electrons. The SMILES string of the molecule is COc1cc2nc(N(C)Cc3nncn3C)cc(C)c2cc1OC. The van der Waals surface area contributed by atoms with Crippen molar-refractivity contribution in [3.63, 3.8) is 0 Å². The Balaban J connectivity index is 2.01. The van der Waals surface area contributed by atoms with Gasteiger partial charge in [0.1, 0.15) is 12.1 Å². The Labute approximate surface area is 140 Å². The van der Waals surface area contributed by atoms with E-state index in [9.17, 15) is 0 Å². The summed E-state index contributed by atoms with van der Waals surface area (Å²) < 4.78 is 12.7. The molecule has 126 valence electrons. The molecule has 2 heterocycles. The van der Waals surface area contributed by atoms with Crippen molar-refractivity contribution in [3.8, 4) is 11.5 Å². The molecule has 2 aromatic heterocycles. The van der Waals surface area contributed by atoms with Gasteiger partial charge in [-0.05, 0) is 24.6 Å². The first-order valence-corrected chi connectivity index (χ1v) is 7.61. The van der Waals surface area contributed by atoms with Crippen LogP contribution >= 0.6 is 0 Å². The number of ether oxygens (including phenoxy) is 2. The van der Waals surface area contributed by atoms with Gasteiger partial charge < -0.3 is 18.9 Å². The van der Waals surface area contributed by atoms with Crippen LogP contribution in [-0.4, -0.2) is 41.0 Å². The second-order valence-electron chi connectivity index (χ2n) is 5.74. The number of aromatic nitrogens is 4. The van der Waals surface area contributed by atoms with E-state index in [-0.39, 0.29) is 0 Å². The van der Waals surface area contributed by atoms with E-state index in [1.165, 1.54) is 0 Å². The van der Waals surface area contributed by atoms with E-state index in [1.54, 1.807) is 20.5 Å². The van der Waals surface area contributed by atoms with Crippen molar-refractivity contribution in [1.29, 1.82) is 0 Å². The van der Waals surface area contributed by atoms with Crippen LogP contribution in [0.25, 0.3) is 10.9 Å². The van der Waals surface area contributed by atoms with Gasteiger partial charge in [-0.3, -0.25) is 0 Å². The zero-order chi connectivity index (χ0) is 17.3. The van der Waals surface area contributed by atoms with Crippen molar-refractivity contribution < 1.29 is 9.47 Å². The van der Waals surface area contributed by atoms with Crippen LogP contribution in [0, 0.1) is 6.92 Å². The van der Waals surface area contributed by atoms with Gasteiger partial charge in [0.15, 0.2) is 17.3 Å². The summed E-state index contributed by atoms with van der Waals surface area (Å²) in [5.74, 6) is 3.12. The number of hydrogen-bond donors (Lipinski definition) is 0. The van der Waals surface area contributed by atoms with Crippen molar-refractivity contribution in [2.45, 2.75) is 13.5 Å². The minimum Gasteiger partial charge on any atom is -0.493 e. The van der Waals surface area contributed by atoms with Crippen LogP contribution in [0.2, 0.25) is 0 Å². The third kappa shape index (κ3) is 2.84. The highest BCUT2D eigenvalue weighted by Gasteiger charge is 2.13. The number of pyridine rings is 1. The van der Waals surface area contributed by atoms with E-state index < -0.39 is 0 Å². The molecule has 24 heavy (non-hydrogen) atoms. The number of fused-ring (bicyclic) bond motifs is 1. The first-order chi connectivity index (χ1) is 11.5. The fourth-order valence-corrected chi connectivity index (χ4v) is 2.64. The Kier molecular flexibility index (Phi) is 4.24. The molecule has 0 amide bonds. The summed E-state index contributed by atoms with van der Waals surface area (Å²) in [4.78, 5) is 6.81. The summed E-state index contributed by atoms with van der Waals surface area (Å²) in [5, 5.41) is 9.08. The first kappa shape index (κ1) is 16.0. The predicted molar refractivity (Wildman–Crippen MR) is 92.7 cm³/mol. The van der Waals surface area contributed by atoms with Crippen LogP contribution in [0.1, 0.15) is 11.4 Å². The highest BCUT2D eigenvalue weighted by molar-refractivity contribution is 5.87. The lowest BCUT2D eigenvalue weighted by molar-refractivity contribution is 0.356. The molecule has 0 aliphatic carbocycles. The summed E-state index contributed by atoms with van der Waals surface area (Å²) >= 11 is 0. The average molecular weight is 327 g/mol. The van der Waals surface area contributed by atoms with Gasteiger partial charge in [0.05, 0.1) is 26.3 Å². The summed E-state index contributed by atoms with van der Waals surface area (Å²) in [5.41, 5.74) is 1.99. The van der Waals surface area contributed by atoms with Crippen LogP contribution in [0.4, 0.5) is 5.82 Å². The van der Waals surface area contributed by atoms with E-state index in [0.29, 0.717) is 18.0 Å². The van der Waals surface area contributed by atoms with E-state index in [1.807, 2.05) is 35.7 Å². The normalized spacial score (nSPS) is 10.9. The Morgan fingerprint density at radius 1 is 1.12 bits per heavy atom. The zero-order valence-electron chi connectivity index (χ0n) is 14.6. The molecule has 0 saturated heterocycles. The van der Waals surface area contributed by atoms with Crippen molar-refractivity contribution in [1.82, 2.24) is 19.7 Å². The Morgan fingerprint density at radius 3 is 2.46 bits per heavy atom. The molecule has 7 heteroatoms. The monoisotopic (exact) mass is 327 g/mol. The van der Waals surface area contributed by atoms with E-state index in [4.69, 9.17) is 14.5 Å². The van der Waals surface area contributed by atoms with Gasteiger partial charge >= 0.3 is 0 Å². The number of rotatable bonds is 5. The third-order valence-electron chi connectivity index (χ3n) is 4.08. The number of benzene rings is 1. The standard InChI is InChI=1S/C17H21N5O2/c1-11-6-16(21(2)9-17-20-18-10-22(17)3)19-13-8-15(24-5)14(23-4)7-12(11)13/h6-8,10H,9H2,1-5H3. The molecule has 0 spiro atoms. The lowest BCUT2D eigenvalue weighted by atomic mass is 10.1. The number of anilines is 1. The fraction of sp³-hybridized carbons (Fsp3) is 0.353. The van der Waals surface area contributed by atoms with Crippen molar-refractivity contribution in [2.75, 3.05) is 26.2 Å². The molecule has 0 unspecified atom stereocenters. The summed E-state index contributed by atoms with van der Waals surface area (Å²) in [6, 6.07) is 5.92. The van der Waals surface area contributed by atoms with Gasteiger partial charge in [-0.25, -0.2) is 4.98 Å². The minimum atomic E-state index is 0.627. The molecule has 0 aliphatic rings. The number of nitrogens with zero attached hydrogens (tertiary/aromatic N) is 5. The smallest absolute Gasteiger partial charge is 0.162 e. The maximum Gasteiger partial charge on any atom is 0.162 e.